The number of fused-ring (bicyclic) bond motifs is 1. The molecule has 0 aliphatic rings. The molecule has 1 aromatic carbocycles. The summed E-state index contributed by atoms with van der Waals surface area (Å²) in [6, 6.07) is 6.71. The van der Waals surface area contributed by atoms with Crippen LogP contribution in [0.15, 0.2) is 45.0 Å². The third-order valence-corrected chi connectivity index (χ3v) is 4.61. The molecule has 0 spiro atoms. The van der Waals surface area contributed by atoms with Crippen molar-refractivity contribution in [2.75, 3.05) is 7.11 Å². The number of aromatic hydroxyl groups is 1. The van der Waals surface area contributed by atoms with E-state index in [1.807, 2.05) is 24.3 Å². The molecule has 0 aliphatic carbocycles. The quantitative estimate of drug-likeness (QED) is 0.490. The lowest BCUT2D eigenvalue weighted by molar-refractivity contribution is -0.142. The van der Waals surface area contributed by atoms with Crippen molar-refractivity contribution in [1.82, 2.24) is 14.1 Å². The number of para-hydroxylation sites is 1. The van der Waals surface area contributed by atoms with Gasteiger partial charge in [-0.05, 0) is 11.6 Å². The van der Waals surface area contributed by atoms with Crippen molar-refractivity contribution in [2.45, 2.75) is 12.5 Å². The lowest BCUT2D eigenvalue weighted by Crippen LogP contribution is -2.38. The van der Waals surface area contributed by atoms with E-state index in [0.29, 0.717) is 0 Å². The van der Waals surface area contributed by atoms with E-state index in [1.54, 1.807) is 6.20 Å². The van der Waals surface area contributed by atoms with Crippen LogP contribution in [0.25, 0.3) is 10.9 Å². The van der Waals surface area contributed by atoms with Crippen molar-refractivity contribution in [3.8, 4) is 5.88 Å². The highest BCUT2D eigenvalue weighted by molar-refractivity contribution is 5.87. The number of methoxy groups -OCH3 is 1. The Morgan fingerprint density at radius 2 is 2.00 bits per heavy atom. The van der Waals surface area contributed by atoms with Crippen LogP contribution in [-0.2, 0) is 30.0 Å². The molecule has 2 aromatic heterocycles. The summed E-state index contributed by atoms with van der Waals surface area (Å²) in [7, 11) is 3.88. The topological polar surface area (TPSA) is 119 Å². The average molecular weight is 384 g/mol. The van der Waals surface area contributed by atoms with E-state index in [-0.39, 0.29) is 12.0 Å². The predicted octanol–water partition coefficient (Wildman–Crippen LogP) is 0.474. The molecule has 0 aliphatic heterocycles. The van der Waals surface area contributed by atoms with Gasteiger partial charge < -0.3 is 14.8 Å². The van der Waals surface area contributed by atoms with Crippen LogP contribution in [0.1, 0.15) is 11.1 Å². The summed E-state index contributed by atoms with van der Waals surface area (Å²) in [6.07, 6.45) is 3.13. The van der Waals surface area contributed by atoms with E-state index in [1.165, 1.54) is 21.2 Å². The van der Waals surface area contributed by atoms with Gasteiger partial charge in [-0.25, -0.2) is 9.59 Å². The fraction of sp³-hybridized carbons (Fsp3) is 0.263. The fourth-order valence-electron chi connectivity index (χ4n) is 2.98. The summed E-state index contributed by atoms with van der Waals surface area (Å²) in [5.74, 6) is -1.10. The first-order valence-corrected chi connectivity index (χ1v) is 8.50. The van der Waals surface area contributed by atoms with Crippen LogP contribution in [0.5, 0.6) is 5.88 Å². The first-order chi connectivity index (χ1) is 13.3. The molecule has 0 saturated carbocycles. The molecule has 0 fully saturated rings. The predicted molar refractivity (Wildman–Crippen MR) is 104 cm³/mol. The number of nitrogens with zero attached hydrogens (tertiary/aromatic N) is 3. The molecule has 9 nitrogen and oxygen atoms in total. The molecule has 146 valence electrons. The number of nitrogens with one attached hydrogen (secondary N) is 1. The zero-order valence-electron chi connectivity index (χ0n) is 15.7. The van der Waals surface area contributed by atoms with Gasteiger partial charge in [0.1, 0.15) is 5.56 Å². The summed E-state index contributed by atoms with van der Waals surface area (Å²) in [5.41, 5.74) is 0.232. The van der Waals surface area contributed by atoms with E-state index >= 15 is 0 Å². The Labute approximate surface area is 159 Å². The summed E-state index contributed by atoms with van der Waals surface area (Å²) in [5, 5.41) is 11.1. The van der Waals surface area contributed by atoms with Gasteiger partial charge >= 0.3 is 11.7 Å². The van der Waals surface area contributed by atoms with Crippen LogP contribution in [-0.4, -0.2) is 44.6 Å². The molecule has 0 unspecified atom stereocenters. The number of benzene rings is 1. The van der Waals surface area contributed by atoms with Gasteiger partial charge in [0.15, 0.2) is 6.04 Å². The minimum Gasteiger partial charge on any atom is -0.494 e. The smallest absolute Gasteiger partial charge is 0.333 e. The maximum atomic E-state index is 12.3. The fourth-order valence-corrected chi connectivity index (χ4v) is 2.98. The molecule has 3 aromatic rings. The Bertz CT molecular complexity index is 1190. The van der Waals surface area contributed by atoms with E-state index in [2.05, 4.69) is 9.98 Å². The minimum absolute atomic E-state index is 0.183. The molecule has 0 amide bonds. The number of carbonyl (C=O) groups is 1. The van der Waals surface area contributed by atoms with Crippen LogP contribution in [0.2, 0.25) is 0 Å². The molecule has 28 heavy (non-hydrogen) atoms. The molecule has 0 radical (unpaired) electrons. The Kier molecular flexibility index (Phi) is 5.16. The van der Waals surface area contributed by atoms with Crippen molar-refractivity contribution in [3.05, 3.63) is 62.4 Å². The number of H-pyrrole nitrogens is 1. The molecule has 1 atom stereocenters. The third kappa shape index (κ3) is 3.34. The van der Waals surface area contributed by atoms with Crippen LogP contribution in [0, 0.1) is 0 Å². The van der Waals surface area contributed by atoms with Crippen molar-refractivity contribution < 1.29 is 14.6 Å². The van der Waals surface area contributed by atoms with Crippen molar-refractivity contribution in [2.24, 2.45) is 19.1 Å². The second-order valence-electron chi connectivity index (χ2n) is 6.32. The number of carbonyl (C=O) groups excluding carboxylic acids is 1. The maximum absolute atomic E-state index is 12.3. The highest BCUT2D eigenvalue weighted by Gasteiger charge is 2.21. The van der Waals surface area contributed by atoms with Gasteiger partial charge in [0.2, 0.25) is 5.88 Å². The number of aromatic amines is 1. The van der Waals surface area contributed by atoms with Gasteiger partial charge in [-0.1, -0.05) is 18.2 Å². The molecule has 0 saturated heterocycles. The summed E-state index contributed by atoms with van der Waals surface area (Å²) in [4.78, 5) is 43.6. The SMILES string of the molecule is COC(=O)[C@H](Cc1c[nH]c2ccccc12)N=Cc1c(O)n(C)c(=O)n(C)c1=O. The van der Waals surface area contributed by atoms with E-state index in [9.17, 15) is 19.5 Å². The van der Waals surface area contributed by atoms with E-state index in [4.69, 9.17) is 4.74 Å². The van der Waals surface area contributed by atoms with Gasteiger partial charge in [0.25, 0.3) is 5.56 Å². The van der Waals surface area contributed by atoms with Crippen molar-refractivity contribution in [3.63, 3.8) is 0 Å². The third-order valence-electron chi connectivity index (χ3n) is 4.61. The summed E-state index contributed by atoms with van der Waals surface area (Å²) < 4.78 is 6.61. The van der Waals surface area contributed by atoms with E-state index < -0.39 is 29.1 Å². The number of rotatable bonds is 5. The number of aromatic nitrogens is 3. The Morgan fingerprint density at radius 1 is 1.29 bits per heavy atom. The first-order valence-electron chi connectivity index (χ1n) is 8.50. The largest absolute Gasteiger partial charge is 0.494 e. The Morgan fingerprint density at radius 3 is 2.71 bits per heavy atom. The van der Waals surface area contributed by atoms with Gasteiger partial charge in [-0.15, -0.1) is 0 Å². The standard InChI is InChI=1S/C19H20N4O5/c1-22-16(24)13(17(25)23(2)19(22)27)10-21-15(18(26)28-3)8-11-9-20-14-7-5-4-6-12(11)14/h4-7,9-10,15,20,24H,8H2,1-3H3/t15-/m0/s1. The lowest BCUT2D eigenvalue weighted by Gasteiger charge is -2.11. The second-order valence-corrected chi connectivity index (χ2v) is 6.32. The van der Waals surface area contributed by atoms with Crippen molar-refractivity contribution in [1.29, 1.82) is 0 Å². The normalized spacial score (nSPS) is 12.5. The molecule has 0 bridgehead atoms. The molecule has 3 rings (SSSR count). The molecule has 2 heterocycles. The van der Waals surface area contributed by atoms with E-state index in [0.717, 1.165) is 31.8 Å². The highest BCUT2D eigenvalue weighted by Crippen LogP contribution is 2.20. The van der Waals surface area contributed by atoms with Gasteiger partial charge in [0.05, 0.1) is 7.11 Å². The van der Waals surface area contributed by atoms with Gasteiger partial charge in [-0.2, -0.15) is 0 Å². The first kappa shape index (κ1) is 19.2. The molecular formula is C19H20N4O5. The molecular weight excluding hydrogens is 364 g/mol. The van der Waals surface area contributed by atoms with Crippen LogP contribution >= 0.6 is 0 Å². The number of hydrogen-bond donors (Lipinski definition) is 2. The van der Waals surface area contributed by atoms with Gasteiger partial charge in [-0.3, -0.25) is 18.9 Å². The minimum atomic E-state index is -0.925. The monoisotopic (exact) mass is 384 g/mol. The number of hydrogen-bond acceptors (Lipinski definition) is 6. The van der Waals surface area contributed by atoms with Crippen LogP contribution in [0.3, 0.4) is 0 Å². The zero-order chi connectivity index (χ0) is 20.4. The summed E-state index contributed by atoms with van der Waals surface area (Å²) in [6.45, 7) is 0. The molecule has 2 N–H and O–H groups in total. The summed E-state index contributed by atoms with van der Waals surface area (Å²) >= 11 is 0. The second kappa shape index (κ2) is 7.55. The highest BCUT2D eigenvalue weighted by atomic mass is 16.5. The Hall–Kier alpha value is -3.62. The number of ether oxygens (including phenoxy) is 1. The van der Waals surface area contributed by atoms with Crippen molar-refractivity contribution >= 4 is 23.1 Å². The number of esters is 1. The number of aliphatic imine (C=N–C) groups is 1. The Balaban J connectivity index is 2.00. The van der Waals surface area contributed by atoms with Gasteiger partial charge in [0, 0.05) is 43.8 Å². The van der Waals surface area contributed by atoms with Crippen LogP contribution < -0.4 is 11.2 Å². The maximum Gasteiger partial charge on any atom is 0.333 e. The molecule has 9 heteroatoms. The zero-order valence-corrected chi connectivity index (χ0v) is 15.7. The average Bonchev–Trinajstić information content (AvgIpc) is 3.12. The van der Waals surface area contributed by atoms with Crippen LogP contribution in [0.4, 0.5) is 0 Å². The lowest BCUT2D eigenvalue weighted by atomic mass is 10.1.